The van der Waals surface area contributed by atoms with Crippen LogP contribution in [0.5, 0.6) is 0 Å². The van der Waals surface area contributed by atoms with E-state index in [1.54, 1.807) is 24.3 Å². The van der Waals surface area contributed by atoms with E-state index in [0.29, 0.717) is 6.42 Å². The first-order chi connectivity index (χ1) is 11.4. The summed E-state index contributed by atoms with van der Waals surface area (Å²) in [6, 6.07) is 7.15. The van der Waals surface area contributed by atoms with Crippen molar-refractivity contribution in [3.8, 4) is 0 Å². The number of benzene rings is 1. The Morgan fingerprint density at radius 3 is 2.29 bits per heavy atom. The largest absolute Gasteiger partial charge is 0.480 e. The highest BCUT2D eigenvalue weighted by atomic mass is 16.4. The lowest BCUT2D eigenvalue weighted by atomic mass is 9.97. The van der Waals surface area contributed by atoms with Crippen molar-refractivity contribution in [3.05, 3.63) is 35.9 Å². The lowest BCUT2D eigenvalue weighted by Gasteiger charge is -2.25. The molecular formula is C17H25N3O4. The number of carboxylic acid groups (broad SMARTS) is 1. The van der Waals surface area contributed by atoms with Gasteiger partial charge < -0.3 is 21.5 Å². The van der Waals surface area contributed by atoms with Gasteiger partial charge in [-0.15, -0.1) is 0 Å². The molecule has 0 saturated heterocycles. The third kappa shape index (κ3) is 6.00. The van der Waals surface area contributed by atoms with Crippen molar-refractivity contribution in [3.63, 3.8) is 0 Å². The van der Waals surface area contributed by atoms with Gasteiger partial charge in [0.1, 0.15) is 12.1 Å². The molecule has 0 bridgehead atoms. The van der Waals surface area contributed by atoms with Gasteiger partial charge in [0, 0.05) is 6.42 Å². The van der Waals surface area contributed by atoms with Gasteiger partial charge in [0.25, 0.3) is 0 Å². The Morgan fingerprint density at radius 2 is 1.79 bits per heavy atom. The molecule has 2 amide bonds. The van der Waals surface area contributed by atoms with Gasteiger partial charge in [-0.25, -0.2) is 4.79 Å². The highest BCUT2D eigenvalue weighted by molar-refractivity contribution is 5.91. The van der Waals surface area contributed by atoms with Crippen molar-refractivity contribution in [1.82, 2.24) is 10.6 Å². The van der Waals surface area contributed by atoms with Crippen molar-refractivity contribution in [2.75, 3.05) is 6.54 Å². The van der Waals surface area contributed by atoms with E-state index < -0.39 is 29.9 Å². The van der Waals surface area contributed by atoms with Gasteiger partial charge in [-0.05, 0) is 11.5 Å². The molecule has 0 heterocycles. The van der Waals surface area contributed by atoms with Gasteiger partial charge >= 0.3 is 5.97 Å². The first-order valence-electron chi connectivity index (χ1n) is 7.95. The van der Waals surface area contributed by atoms with Gasteiger partial charge in [0.2, 0.25) is 11.8 Å². The van der Waals surface area contributed by atoms with Gasteiger partial charge in [-0.2, -0.15) is 0 Å². The maximum absolute atomic E-state index is 12.5. The number of rotatable bonds is 9. The van der Waals surface area contributed by atoms with Crippen molar-refractivity contribution in [1.29, 1.82) is 0 Å². The van der Waals surface area contributed by atoms with Crippen LogP contribution in [-0.2, 0) is 20.8 Å². The van der Waals surface area contributed by atoms with E-state index in [9.17, 15) is 19.5 Å². The van der Waals surface area contributed by atoms with Crippen molar-refractivity contribution in [2.45, 2.75) is 38.8 Å². The molecule has 0 aromatic heterocycles. The summed E-state index contributed by atoms with van der Waals surface area (Å²) in [5, 5.41) is 14.4. The molecule has 0 spiro atoms. The molecule has 0 radical (unpaired) electrons. The summed E-state index contributed by atoms with van der Waals surface area (Å²) in [6.45, 7) is 3.47. The second-order valence-electron chi connectivity index (χ2n) is 5.72. The normalized spacial score (nSPS) is 14.3. The Labute approximate surface area is 141 Å². The number of carbonyl (C=O) groups is 3. The van der Waals surface area contributed by atoms with E-state index >= 15 is 0 Å². The number of hydrogen-bond donors (Lipinski definition) is 4. The van der Waals surface area contributed by atoms with Crippen LogP contribution in [0.3, 0.4) is 0 Å². The van der Waals surface area contributed by atoms with Gasteiger partial charge in [0.15, 0.2) is 0 Å². The molecule has 1 aromatic rings. The number of hydrogen-bond acceptors (Lipinski definition) is 4. The van der Waals surface area contributed by atoms with E-state index in [1.165, 1.54) is 0 Å². The van der Waals surface area contributed by atoms with E-state index in [1.807, 2.05) is 19.9 Å². The van der Waals surface area contributed by atoms with E-state index in [4.69, 9.17) is 5.73 Å². The molecule has 5 N–H and O–H groups in total. The fourth-order valence-corrected chi connectivity index (χ4v) is 2.25. The molecule has 0 fully saturated rings. The minimum atomic E-state index is -1.12. The molecule has 1 rings (SSSR count). The second kappa shape index (κ2) is 9.67. The van der Waals surface area contributed by atoms with Crippen LogP contribution in [0.4, 0.5) is 0 Å². The Hall–Kier alpha value is -2.41. The molecular weight excluding hydrogens is 310 g/mol. The number of nitrogens with one attached hydrogen (secondary N) is 2. The fourth-order valence-electron chi connectivity index (χ4n) is 2.25. The third-order valence-corrected chi connectivity index (χ3v) is 3.89. The lowest BCUT2D eigenvalue weighted by molar-refractivity contribution is -0.142. The summed E-state index contributed by atoms with van der Waals surface area (Å²) < 4.78 is 0. The van der Waals surface area contributed by atoms with Crippen LogP contribution in [0.1, 0.15) is 25.8 Å². The minimum Gasteiger partial charge on any atom is -0.480 e. The lowest BCUT2D eigenvalue weighted by Crippen LogP contribution is -2.55. The van der Waals surface area contributed by atoms with E-state index in [2.05, 4.69) is 10.6 Å². The summed E-state index contributed by atoms with van der Waals surface area (Å²) in [5.41, 5.74) is 6.08. The van der Waals surface area contributed by atoms with Crippen LogP contribution in [-0.4, -0.2) is 41.5 Å². The number of carboxylic acids is 1. The summed E-state index contributed by atoms with van der Waals surface area (Å²) in [7, 11) is 0. The monoisotopic (exact) mass is 335 g/mol. The van der Waals surface area contributed by atoms with Crippen LogP contribution in [0, 0.1) is 5.92 Å². The van der Waals surface area contributed by atoms with Crippen molar-refractivity contribution in [2.24, 2.45) is 11.7 Å². The topological polar surface area (TPSA) is 122 Å². The molecule has 24 heavy (non-hydrogen) atoms. The second-order valence-corrected chi connectivity index (χ2v) is 5.72. The Kier molecular flexibility index (Phi) is 7.91. The summed E-state index contributed by atoms with van der Waals surface area (Å²) in [6.07, 6.45) is 0.819. The smallest absolute Gasteiger partial charge is 0.326 e. The highest BCUT2D eigenvalue weighted by Gasteiger charge is 2.29. The number of amides is 2. The third-order valence-electron chi connectivity index (χ3n) is 3.89. The Balaban J connectivity index is 2.83. The van der Waals surface area contributed by atoms with E-state index in [0.717, 1.165) is 5.56 Å². The first-order valence-corrected chi connectivity index (χ1v) is 7.95. The quantitative estimate of drug-likeness (QED) is 0.517. The predicted octanol–water partition coefficient (Wildman–Crippen LogP) is 0.288. The van der Waals surface area contributed by atoms with Gasteiger partial charge in [-0.3, -0.25) is 9.59 Å². The molecule has 0 aliphatic heterocycles. The zero-order valence-corrected chi connectivity index (χ0v) is 14.0. The highest BCUT2D eigenvalue weighted by Crippen LogP contribution is 2.10. The average Bonchev–Trinajstić information content (AvgIpc) is 2.58. The van der Waals surface area contributed by atoms with Crippen LogP contribution >= 0.6 is 0 Å². The molecule has 0 aliphatic carbocycles. The van der Waals surface area contributed by atoms with Crippen LogP contribution in [0.2, 0.25) is 0 Å². The Bertz CT molecular complexity index is 562. The molecule has 3 atom stereocenters. The zero-order chi connectivity index (χ0) is 18.1. The summed E-state index contributed by atoms with van der Waals surface area (Å²) in [4.78, 5) is 35.5. The zero-order valence-electron chi connectivity index (χ0n) is 14.0. The van der Waals surface area contributed by atoms with Crippen molar-refractivity contribution >= 4 is 17.8 Å². The average molecular weight is 335 g/mol. The summed E-state index contributed by atoms with van der Waals surface area (Å²) >= 11 is 0. The fraction of sp³-hybridized carbons (Fsp3) is 0.471. The van der Waals surface area contributed by atoms with Crippen molar-refractivity contribution < 1.29 is 19.5 Å². The number of aliphatic carboxylic acids is 1. The van der Waals surface area contributed by atoms with Gasteiger partial charge in [-0.1, -0.05) is 50.6 Å². The first kappa shape index (κ1) is 19.6. The molecule has 0 saturated carbocycles. The molecule has 7 nitrogen and oxygen atoms in total. The van der Waals surface area contributed by atoms with E-state index in [-0.39, 0.29) is 18.9 Å². The SMILES string of the molecule is CC[C@H](C)[C@H](NC(=O)CN)C(=O)N[C@@H](Cc1ccccc1)C(=O)O. The Morgan fingerprint density at radius 1 is 1.17 bits per heavy atom. The maximum atomic E-state index is 12.5. The molecule has 0 unspecified atom stereocenters. The van der Waals surface area contributed by atoms with Crippen LogP contribution < -0.4 is 16.4 Å². The van der Waals surface area contributed by atoms with Crippen LogP contribution in [0.15, 0.2) is 30.3 Å². The molecule has 7 heteroatoms. The number of nitrogens with two attached hydrogens (primary N) is 1. The number of carbonyl (C=O) groups excluding carboxylic acids is 2. The molecule has 132 valence electrons. The van der Waals surface area contributed by atoms with Crippen LogP contribution in [0.25, 0.3) is 0 Å². The minimum absolute atomic E-state index is 0.147. The molecule has 0 aliphatic rings. The standard InChI is InChI=1S/C17H25N3O4/c1-3-11(2)15(20-14(21)10-18)16(22)19-13(17(23)24)9-12-7-5-4-6-8-12/h4-8,11,13,15H,3,9-10,18H2,1-2H3,(H,19,22)(H,20,21)(H,23,24)/t11-,13-,15-/m0/s1. The maximum Gasteiger partial charge on any atom is 0.326 e. The molecule has 1 aromatic carbocycles. The predicted molar refractivity (Wildman–Crippen MR) is 90.2 cm³/mol. The van der Waals surface area contributed by atoms with Gasteiger partial charge in [0.05, 0.1) is 6.54 Å². The summed E-state index contributed by atoms with van der Waals surface area (Å²) in [5.74, 6) is -2.24.